The van der Waals surface area contributed by atoms with Crippen molar-refractivity contribution >= 4 is 16.0 Å². The molecule has 2 aromatic carbocycles. The highest BCUT2D eigenvalue weighted by molar-refractivity contribution is 7.90. The van der Waals surface area contributed by atoms with Crippen molar-refractivity contribution in [2.75, 3.05) is 17.8 Å². The first-order chi connectivity index (χ1) is 14.0. The van der Waals surface area contributed by atoms with Gasteiger partial charge in [-0.25, -0.2) is 4.98 Å². The van der Waals surface area contributed by atoms with Crippen LogP contribution in [0.25, 0.3) is 0 Å². The van der Waals surface area contributed by atoms with Gasteiger partial charge in [-0.1, -0.05) is 66.7 Å². The van der Waals surface area contributed by atoms with E-state index in [1.54, 1.807) is 12.1 Å². The largest absolute Gasteiger partial charge is 0.302 e. The number of hydrogen-bond acceptors (Lipinski definition) is 3. The molecule has 0 amide bonds. The SMILES string of the molecule is Cc1cccc(NS(=O)(=O)N2CCC(c3ccccc3)(c3ccccc3)CC2)n1. The van der Waals surface area contributed by atoms with E-state index in [2.05, 4.69) is 34.0 Å². The normalized spacial score (nSPS) is 17.0. The molecule has 1 aliphatic heterocycles. The molecule has 0 bridgehead atoms. The third kappa shape index (κ3) is 4.04. The van der Waals surface area contributed by atoms with Gasteiger partial charge in [-0.05, 0) is 43.0 Å². The van der Waals surface area contributed by atoms with E-state index in [1.165, 1.54) is 15.4 Å². The molecule has 1 N–H and O–H groups in total. The zero-order valence-electron chi connectivity index (χ0n) is 16.5. The molecule has 5 nitrogen and oxygen atoms in total. The fourth-order valence-corrected chi connectivity index (χ4v) is 5.33. The summed E-state index contributed by atoms with van der Waals surface area (Å²) < 4.78 is 30.0. The molecule has 1 aliphatic rings. The van der Waals surface area contributed by atoms with Gasteiger partial charge in [-0.15, -0.1) is 0 Å². The van der Waals surface area contributed by atoms with Gasteiger partial charge in [0.05, 0.1) is 0 Å². The summed E-state index contributed by atoms with van der Waals surface area (Å²) in [6.45, 7) is 2.74. The van der Waals surface area contributed by atoms with Crippen LogP contribution in [0.3, 0.4) is 0 Å². The topological polar surface area (TPSA) is 62.3 Å². The fraction of sp³-hybridized carbons (Fsp3) is 0.261. The number of rotatable bonds is 5. The second-order valence-electron chi connectivity index (χ2n) is 7.48. The maximum absolute atomic E-state index is 12.9. The summed E-state index contributed by atoms with van der Waals surface area (Å²) in [5, 5.41) is 0. The smallest absolute Gasteiger partial charge is 0.254 e. The summed E-state index contributed by atoms with van der Waals surface area (Å²) in [5.74, 6) is 0.355. The summed E-state index contributed by atoms with van der Waals surface area (Å²) in [5.41, 5.74) is 3.06. The predicted molar refractivity (Wildman–Crippen MR) is 116 cm³/mol. The minimum Gasteiger partial charge on any atom is -0.254 e. The van der Waals surface area contributed by atoms with Crippen LogP contribution in [0.15, 0.2) is 78.9 Å². The molecular formula is C23H25N3O2S. The van der Waals surface area contributed by atoms with Crippen molar-refractivity contribution in [3.8, 4) is 0 Å². The van der Waals surface area contributed by atoms with Crippen molar-refractivity contribution in [2.45, 2.75) is 25.2 Å². The van der Waals surface area contributed by atoms with Gasteiger partial charge in [-0.2, -0.15) is 12.7 Å². The van der Waals surface area contributed by atoms with Crippen molar-refractivity contribution in [1.29, 1.82) is 0 Å². The molecule has 0 unspecified atom stereocenters. The summed E-state index contributed by atoms with van der Waals surface area (Å²) in [6, 6.07) is 26.1. The Morgan fingerprint density at radius 2 is 1.38 bits per heavy atom. The molecule has 2 heterocycles. The lowest BCUT2D eigenvalue weighted by Crippen LogP contribution is -2.47. The monoisotopic (exact) mass is 407 g/mol. The van der Waals surface area contributed by atoms with Gasteiger partial charge < -0.3 is 0 Å². The van der Waals surface area contributed by atoms with Crippen LogP contribution in [0.1, 0.15) is 29.7 Å². The first-order valence-electron chi connectivity index (χ1n) is 9.82. The van der Waals surface area contributed by atoms with Crippen molar-refractivity contribution in [3.63, 3.8) is 0 Å². The van der Waals surface area contributed by atoms with Gasteiger partial charge in [0.15, 0.2) is 0 Å². The molecule has 0 aliphatic carbocycles. The molecule has 3 aromatic rings. The number of hydrogen-bond donors (Lipinski definition) is 1. The molecule has 6 heteroatoms. The highest BCUT2D eigenvalue weighted by Crippen LogP contribution is 2.42. The maximum atomic E-state index is 12.9. The lowest BCUT2D eigenvalue weighted by atomic mass is 9.68. The number of benzene rings is 2. The molecule has 150 valence electrons. The Labute approximate surface area is 172 Å². The van der Waals surface area contributed by atoms with Crippen LogP contribution in [-0.2, 0) is 15.6 Å². The van der Waals surface area contributed by atoms with E-state index in [9.17, 15) is 8.42 Å². The van der Waals surface area contributed by atoms with E-state index in [4.69, 9.17) is 0 Å². The van der Waals surface area contributed by atoms with Gasteiger partial charge in [0.2, 0.25) is 0 Å². The molecular weight excluding hydrogens is 382 g/mol. The molecule has 1 aromatic heterocycles. The van der Waals surface area contributed by atoms with Crippen LogP contribution in [-0.4, -0.2) is 30.8 Å². The standard InChI is InChI=1S/C23H25N3O2S/c1-19-9-8-14-22(24-19)25-29(27,28)26-17-15-23(16-18-26,20-10-4-2-5-11-20)21-12-6-3-7-13-21/h2-14H,15-18H2,1H3,(H,24,25). The number of piperidine rings is 1. The lowest BCUT2D eigenvalue weighted by molar-refractivity contribution is 0.266. The van der Waals surface area contributed by atoms with Crippen molar-refractivity contribution in [2.24, 2.45) is 0 Å². The Kier molecular flexibility index (Phi) is 5.39. The molecule has 0 atom stereocenters. The van der Waals surface area contributed by atoms with Gasteiger partial charge in [-0.3, -0.25) is 4.72 Å². The quantitative estimate of drug-likeness (QED) is 0.692. The van der Waals surface area contributed by atoms with Crippen LogP contribution in [0.2, 0.25) is 0 Å². The van der Waals surface area contributed by atoms with Crippen LogP contribution >= 0.6 is 0 Å². The number of aromatic nitrogens is 1. The van der Waals surface area contributed by atoms with Crippen LogP contribution in [0.4, 0.5) is 5.82 Å². The van der Waals surface area contributed by atoms with E-state index in [0.717, 1.165) is 18.5 Å². The maximum Gasteiger partial charge on any atom is 0.302 e. The second-order valence-corrected chi connectivity index (χ2v) is 9.16. The molecule has 0 saturated carbocycles. The highest BCUT2D eigenvalue weighted by Gasteiger charge is 2.40. The predicted octanol–water partition coefficient (Wildman–Crippen LogP) is 4.13. The first kappa shape index (κ1) is 19.6. The van der Waals surface area contributed by atoms with E-state index in [-0.39, 0.29) is 5.41 Å². The van der Waals surface area contributed by atoms with Gasteiger partial charge in [0.1, 0.15) is 5.82 Å². The highest BCUT2D eigenvalue weighted by atomic mass is 32.2. The van der Waals surface area contributed by atoms with E-state index in [0.29, 0.717) is 18.9 Å². The minimum atomic E-state index is -3.65. The summed E-state index contributed by atoms with van der Waals surface area (Å²) in [7, 11) is -3.65. The first-order valence-corrected chi connectivity index (χ1v) is 11.3. The average Bonchev–Trinajstić information content (AvgIpc) is 2.75. The molecule has 4 rings (SSSR count). The summed E-state index contributed by atoms with van der Waals surface area (Å²) in [4.78, 5) is 4.26. The van der Waals surface area contributed by atoms with Gasteiger partial charge in [0, 0.05) is 24.2 Å². The number of aryl methyl sites for hydroxylation is 1. The second kappa shape index (κ2) is 7.97. The minimum absolute atomic E-state index is 0.184. The Bertz CT molecular complexity index is 1020. The molecule has 1 saturated heterocycles. The van der Waals surface area contributed by atoms with E-state index in [1.807, 2.05) is 49.4 Å². The summed E-state index contributed by atoms with van der Waals surface area (Å²) >= 11 is 0. The third-order valence-electron chi connectivity index (χ3n) is 5.69. The van der Waals surface area contributed by atoms with Crippen LogP contribution < -0.4 is 4.72 Å². The number of anilines is 1. The fourth-order valence-electron chi connectivity index (χ4n) is 4.16. The molecule has 0 spiro atoms. The number of nitrogens with one attached hydrogen (secondary N) is 1. The number of nitrogens with zero attached hydrogens (tertiary/aromatic N) is 2. The average molecular weight is 408 g/mol. The van der Waals surface area contributed by atoms with Crippen molar-refractivity contribution in [3.05, 3.63) is 95.7 Å². The van der Waals surface area contributed by atoms with Gasteiger partial charge >= 0.3 is 10.2 Å². The Morgan fingerprint density at radius 1 is 0.828 bits per heavy atom. The Morgan fingerprint density at radius 3 is 1.90 bits per heavy atom. The molecule has 29 heavy (non-hydrogen) atoms. The lowest BCUT2D eigenvalue weighted by Gasteiger charge is -2.42. The zero-order valence-corrected chi connectivity index (χ0v) is 17.3. The van der Waals surface area contributed by atoms with Crippen LogP contribution in [0, 0.1) is 6.92 Å². The van der Waals surface area contributed by atoms with E-state index < -0.39 is 10.2 Å². The van der Waals surface area contributed by atoms with Crippen LogP contribution in [0.5, 0.6) is 0 Å². The third-order valence-corrected chi connectivity index (χ3v) is 7.20. The van der Waals surface area contributed by atoms with Crippen molar-refractivity contribution in [1.82, 2.24) is 9.29 Å². The zero-order chi connectivity index (χ0) is 20.3. The molecule has 0 radical (unpaired) electrons. The summed E-state index contributed by atoms with van der Waals surface area (Å²) in [6.07, 6.45) is 1.45. The van der Waals surface area contributed by atoms with Crippen molar-refractivity contribution < 1.29 is 8.42 Å². The van der Waals surface area contributed by atoms with E-state index >= 15 is 0 Å². The van der Waals surface area contributed by atoms with Gasteiger partial charge in [0.25, 0.3) is 0 Å². The Balaban J connectivity index is 1.59. The number of pyridine rings is 1. The Hall–Kier alpha value is -2.70. The molecule has 1 fully saturated rings.